The Bertz CT molecular complexity index is 1640. The number of methoxy groups -OCH3 is 1. The number of benzene rings is 3. The van der Waals surface area contributed by atoms with Crippen LogP contribution in [0.4, 0.5) is 0 Å². The standard InChI is InChI=1S/C32H35N3O6/c1-7-39-29-16-22(13-14-27(29)41-19-30(36)40-8-2)18-33-35-31(34-26-12-10-9-11-23(26)32(35)37)25-17-24(20(3)4)28(38-6)15-21(25)5/h9-18,20H,7-8,19H2,1-6H3. The van der Waals surface area contributed by atoms with Crippen LogP contribution in [0.25, 0.3) is 22.3 Å². The van der Waals surface area contributed by atoms with Crippen molar-refractivity contribution in [3.63, 3.8) is 0 Å². The summed E-state index contributed by atoms with van der Waals surface area (Å²) in [4.78, 5) is 30.3. The highest BCUT2D eigenvalue weighted by Crippen LogP contribution is 2.34. The number of hydrogen-bond acceptors (Lipinski definition) is 8. The lowest BCUT2D eigenvalue weighted by Crippen LogP contribution is -2.21. The van der Waals surface area contributed by atoms with Crippen molar-refractivity contribution in [2.24, 2.45) is 5.10 Å². The van der Waals surface area contributed by atoms with Crippen LogP contribution in [0.5, 0.6) is 17.2 Å². The molecule has 0 saturated carbocycles. The smallest absolute Gasteiger partial charge is 0.344 e. The van der Waals surface area contributed by atoms with Gasteiger partial charge in [-0.05, 0) is 85.8 Å². The summed E-state index contributed by atoms with van der Waals surface area (Å²) in [7, 11) is 1.65. The minimum Gasteiger partial charge on any atom is -0.496 e. The summed E-state index contributed by atoms with van der Waals surface area (Å²) in [5.41, 5.74) is 3.65. The van der Waals surface area contributed by atoms with Crippen LogP contribution >= 0.6 is 0 Å². The first-order valence-electron chi connectivity index (χ1n) is 13.6. The van der Waals surface area contributed by atoms with E-state index >= 15 is 0 Å². The van der Waals surface area contributed by atoms with Gasteiger partial charge in [0.15, 0.2) is 23.9 Å². The van der Waals surface area contributed by atoms with Gasteiger partial charge >= 0.3 is 5.97 Å². The molecule has 0 saturated heterocycles. The average molecular weight is 558 g/mol. The Morgan fingerprint density at radius 3 is 2.49 bits per heavy atom. The van der Waals surface area contributed by atoms with Crippen LogP contribution in [0.3, 0.4) is 0 Å². The molecule has 0 N–H and O–H groups in total. The monoisotopic (exact) mass is 557 g/mol. The number of nitrogens with zero attached hydrogens (tertiary/aromatic N) is 3. The second kappa shape index (κ2) is 13.1. The van der Waals surface area contributed by atoms with E-state index in [0.29, 0.717) is 40.4 Å². The molecule has 41 heavy (non-hydrogen) atoms. The minimum atomic E-state index is -0.467. The maximum atomic E-state index is 13.7. The van der Waals surface area contributed by atoms with E-state index in [1.54, 1.807) is 50.6 Å². The summed E-state index contributed by atoms with van der Waals surface area (Å²) in [5, 5.41) is 5.06. The van der Waals surface area contributed by atoms with Crippen LogP contribution in [0.2, 0.25) is 0 Å². The number of aryl methyl sites for hydroxylation is 1. The van der Waals surface area contributed by atoms with Crippen LogP contribution in [-0.2, 0) is 9.53 Å². The topological polar surface area (TPSA) is 101 Å². The zero-order chi connectivity index (χ0) is 29.5. The molecule has 0 fully saturated rings. The molecule has 3 aromatic carbocycles. The number of para-hydroxylation sites is 1. The Hall–Kier alpha value is -4.66. The van der Waals surface area contributed by atoms with Crippen molar-refractivity contribution in [1.29, 1.82) is 0 Å². The highest BCUT2D eigenvalue weighted by atomic mass is 16.6. The molecule has 0 aliphatic heterocycles. The summed E-state index contributed by atoms with van der Waals surface area (Å²) in [6.07, 6.45) is 1.57. The van der Waals surface area contributed by atoms with E-state index in [-0.39, 0.29) is 24.7 Å². The van der Waals surface area contributed by atoms with Gasteiger partial charge < -0.3 is 18.9 Å². The summed E-state index contributed by atoms with van der Waals surface area (Å²) in [5.74, 6) is 1.77. The van der Waals surface area contributed by atoms with E-state index in [4.69, 9.17) is 23.9 Å². The van der Waals surface area contributed by atoms with Gasteiger partial charge in [-0.15, -0.1) is 0 Å². The maximum absolute atomic E-state index is 13.7. The number of ether oxygens (including phenoxy) is 4. The zero-order valence-corrected chi connectivity index (χ0v) is 24.3. The van der Waals surface area contributed by atoms with Gasteiger partial charge in [0.1, 0.15) is 5.75 Å². The van der Waals surface area contributed by atoms with E-state index in [1.807, 2.05) is 38.1 Å². The van der Waals surface area contributed by atoms with Crippen LogP contribution in [-0.4, -0.2) is 48.8 Å². The largest absolute Gasteiger partial charge is 0.496 e. The van der Waals surface area contributed by atoms with E-state index < -0.39 is 5.97 Å². The SMILES string of the molecule is CCOC(=O)COc1ccc(C=Nn2c(-c3cc(C(C)C)c(OC)cc3C)nc3ccccc3c2=O)cc1OCC. The molecule has 0 aliphatic carbocycles. The lowest BCUT2D eigenvalue weighted by molar-refractivity contribution is -0.145. The van der Waals surface area contributed by atoms with E-state index in [9.17, 15) is 9.59 Å². The van der Waals surface area contributed by atoms with Gasteiger partial charge in [0.2, 0.25) is 0 Å². The van der Waals surface area contributed by atoms with Crippen LogP contribution in [0.1, 0.15) is 50.3 Å². The van der Waals surface area contributed by atoms with Gasteiger partial charge in [-0.3, -0.25) is 4.79 Å². The molecule has 4 aromatic rings. The summed E-state index contributed by atoms with van der Waals surface area (Å²) in [6.45, 7) is 10.2. The van der Waals surface area contributed by atoms with Gasteiger partial charge in [-0.2, -0.15) is 9.78 Å². The first-order chi connectivity index (χ1) is 19.8. The Morgan fingerprint density at radius 2 is 1.78 bits per heavy atom. The number of aromatic nitrogens is 2. The third-order valence-electron chi connectivity index (χ3n) is 6.43. The van der Waals surface area contributed by atoms with E-state index in [1.165, 1.54) is 4.68 Å². The van der Waals surface area contributed by atoms with E-state index in [0.717, 1.165) is 22.4 Å². The number of hydrogen-bond donors (Lipinski definition) is 0. The lowest BCUT2D eigenvalue weighted by atomic mass is 9.96. The van der Waals surface area contributed by atoms with Gasteiger partial charge in [0.05, 0.1) is 37.4 Å². The Labute approximate surface area is 239 Å². The molecule has 0 spiro atoms. The zero-order valence-electron chi connectivity index (χ0n) is 24.3. The van der Waals surface area contributed by atoms with Crippen molar-refractivity contribution in [3.05, 3.63) is 81.6 Å². The normalized spacial score (nSPS) is 11.3. The molecule has 9 heteroatoms. The quantitative estimate of drug-likeness (QED) is 0.172. The summed E-state index contributed by atoms with van der Waals surface area (Å²) >= 11 is 0. The van der Waals surface area contributed by atoms with Crippen LogP contribution in [0.15, 0.2) is 64.5 Å². The van der Waals surface area contributed by atoms with E-state index in [2.05, 4.69) is 18.9 Å². The van der Waals surface area contributed by atoms with Crippen molar-refractivity contribution in [1.82, 2.24) is 9.66 Å². The fourth-order valence-electron chi connectivity index (χ4n) is 4.43. The predicted octanol–water partition coefficient (Wildman–Crippen LogP) is 5.73. The Morgan fingerprint density at radius 1 is 1.00 bits per heavy atom. The molecule has 4 rings (SSSR count). The Balaban J connectivity index is 1.81. The fourth-order valence-corrected chi connectivity index (χ4v) is 4.43. The summed E-state index contributed by atoms with van der Waals surface area (Å²) in [6, 6.07) is 16.4. The molecular formula is C32H35N3O6. The van der Waals surface area contributed by atoms with Gasteiger partial charge in [0.25, 0.3) is 5.56 Å². The number of rotatable bonds is 11. The van der Waals surface area contributed by atoms with Gasteiger partial charge in [-0.1, -0.05) is 26.0 Å². The summed E-state index contributed by atoms with van der Waals surface area (Å²) < 4.78 is 23.2. The number of carbonyl (C=O) groups excluding carboxylic acids is 1. The van der Waals surface area contributed by atoms with Crippen LogP contribution < -0.4 is 19.8 Å². The third kappa shape index (κ3) is 6.57. The molecule has 0 radical (unpaired) electrons. The molecule has 214 valence electrons. The first kappa shape index (κ1) is 29.3. The number of esters is 1. The number of fused-ring (bicyclic) bond motifs is 1. The fraction of sp³-hybridized carbons (Fsp3) is 0.312. The second-order valence-electron chi connectivity index (χ2n) is 9.61. The molecule has 0 atom stereocenters. The third-order valence-corrected chi connectivity index (χ3v) is 6.43. The average Bonchev–Trinajstić information content (AvgIpc) is 2.96. The molecule has 0 amide bonds. The minimum absolute atomic E-state index is 0.190. The molecule has 0 unspecified atom stereocenters. The van der Waals surface area contributed by atoms with Crippen molar-refractivity contribution in [2.75, 3.05) is 26.9 Å². The molecule has 0 aliphatic rings. The Kier molecular flexibility index (Phi) is 9.39. The number of carbonyl (C=O) groups is 1. The second-order valence-corrected chi connectivity index (χ2v) is 9.61. The first-order valence-corrected chi connectivity index (χ1v) is 13.6. The molecular weight excluding hydrogens is 522 g/mol. The lowest BCUT2D eigenvalue weighted by Gasteiger charge is -2.17. The van der Waals surface area contributed by atoms with Crippen molar-refractivity contribution in [3.8, 4) is 28.6 Å². The highest BCUT2D eigenvalue weighted by Gasteiger charge is 2.18. The van der Waals surface area contributed by atoms with Crippen LogP contribution in [0, 0.1) is 6.92 Å². The predicted molar refractivity (Wildman–Crippen MR) is 160 cm³/mol. The molecule has 1 heterocycles. The van der Waals surface area contributed by atoms with Crippen molar-refractivity contribution >= 4 is 23.1 Å². The molecule has 9 nitrogen and oxygen atoms in total. The molecule has 0 bridgehead atoms. The maximum Gasteiger partial charge on any atom is 0.344 e. The van der Waals surface area contributed by atoms with Gasteiger partial charge in [-0.25, -0.2) is 9.78 Å². The molecule has 1 aromatic heterocycles. The van der Waals surface area contributed by atoms with Gasteiger partial charge in [0, 0.05) is 5.56 Å². The van der Waals surface area contributed by atoms with Crippen molar-refractivity contribution in [2.45, 2.75) is 40.5 Å². The highest BCUT2D eigenvalue weighted by molar-refractivity contribution is 5.83. The van der Waals surface area contributed by atoms with Crippen molar-refractivity contribution < 1.29 is 23.7 Å².